The van der Waals surface area contributed by atoms with Crippen molar-refractivity contribution in [3.05, 3.63) is 0 Å². The van der Waals surface area contributed by atoms with Gasteiger partial charge in [-0.2, -0.15) is 15.0 Å². The van der Waals surface area contributed by atoms with Gasteiger partial charge in [0.15, 0.2) is 0 Å². The molecule has 0 spiro atoms. The van der Waals surface area contributed by atoms with Crippen LogP contribution in [0, 0.1) is 5.92 Å². The third kappa shape index (κ3) is 4.17. The Morgan fingerprint density at radius 3 is 2.62 bits per heavy atom. The molecule has 0 amide bonds. The number of nitrogens with zero attached hydrogens (tertiary/aromatic N) is 4. The summed E-state index contributed by atoms with van der Waals surface area (Å²) in [4.78, 5) is 15.1. The third-order valence-corrected chi connectivity index (χ3v) is 3.76. The van der Waals surface area contributed by atoms with E-state index in [9.17, 15) is 5.11 Å². The second-order valence-corrected chi connectivity index (χ2v) is 5.73. The van der Waals surface area contributed by atoms with Gasteiger partial charge < -0.3 is 20.6 Å². The molecule has 1 aromatic heterocycles. The molecule has 1 heterocycles. The van der Waals surface area contributed by atoms with Crippen molar-refractivity contribution in [1.82, 2.24) is 15.0 Å². The van der Waals surface area contributed by atoms with E-state index in [4.69, 9.17) is 0 Å². The fourth-order valence-electron chi connectivity index (χ4n) is 2.56. The summed E-state index contributed by atoms with van der Waals surface area (Å²) >= 11 is 0. The lowest BCUT2D eigenvalue weighted by molar-refractivity contribution is 0.222. The highest BCUT2D eigenvalue weighted by Gasteiger charge is 2.27. The van der Waals surface area contributed by atoms with Gasteiger partial charge in [-0.25, -0.2) is 0 Å². The molecular weight excluding hydrogens is 268 g/mol. The van der Waals surface area contributed by atoms with Gasteiger partial charge in [0, 0.05) is 39.2 Å². The lowest BCUT2D eigenvalue weighted by Crippen LogP contribution is -2.28. The number of anilines is 3. The normalized spacial score (nSPS) is 21.3. The Bertz CT molecular complexity index is 453. The van der Waals surface area contributed by atoms with Crippen LogP contribution in [-0.4, -0.2) is 53.3 Å². The predicted octanol–water partition coefficient (Wildman–Crippen LogP) is 1.33. The summed E-state index contributed by atoms with van der Waals surface area (Å²) in [6.07, 6.45) is 4.25. The quantitative estimate of drug-likeness (QED) is 0.699. The lowest BCUT2D eigenvalue weighted by Gasteiger charge is -2.20. The fourth-order valence-corrected chi connectivity index (χ4v) is 2.56. The van der Waals surface area contributed by atoms with Crippen LogP contribution in [0.25, 0.3) is 0 Å². The van der Waals surface area contributed by atoms with Crippen LogP contribution in [0.1, 0.15) is 32.6 Å². The molecule has 3 N–H and O–H groups in total. The Balaban J connectivity index is 2.15. The van der Waals surface area contributed by atoms with Gasteiger partial charge in [-0.05, 0) is 19.3 Å². The van der Waals surface area contributed by atoms with Gasteiger partial charge >= 0.3 is 0 Å². The van der Waals surface area contributed by atoms with E-state index in [0.717, 1.165) is 32.2 Å². The van der Waals surface area contributed by atoms with E-state index in [1.165, 1.54) is 0 Å². The molecule has 1 saturated carbocycles. The van der Waals surface area contributed by atoms with Gasteiger partial charge in [-0.1, -0.05) is 13.3 Å². The molecule has 2 rings (SSSR count). The van der Waals surface area contributed by atoms with Crippen molar-refractivity contribution in [2.75, 3.05) is 42.8 Å². The van der Waals surface area contributed by atoms with E-state index >= 15 is 0 Å². The maximum Gasteiger partial charge on any atom is 0.231 e. The van der Waals surface area contributed by atoms with E-state index in [2.05, 4.69) is 32.5 Å². The van der Waals surface area contributed by atoms with Crippen LogP contribution in [0.2, 0.25) is 0 Å². The van der Waals surface area contributed by atoms with Gasteiger partial charge in [-0.15, -0.1) is 0 Å². The average molecular weight is 294 g/mol. The standard InChI is InChI=1S/C14H26N6O/c1-4-8-15-12-17-13(19-14(18-12)20(2)3)16-11-7-5-6-10(11)9-21/h10-11,21H,4-9H2,1-3H3,(H2,15,16,17,18,19). The summed E-state index contributed by atoms with van der Waals surface area (Å²) in [5.41, 5.74) is 0. The summed E-state index contributed by atoms with van der Waals surface area (Å²) in [6, 6.07) is 0.242. The maximum absolute atomic E-state index is 9.41. The van der Waals surface area contributed by atoms with Crippen LogP contribution in [-0.2, 0) is 0 Å². The number of hydrogen-bond donors (Lipinski definition) is 3. The Kier molecular flexibility index (Phi) is 5.55. The summed E-state index contributed by atoms with van der Waals surface area (Å²) < 4.78 is 0. The number of aromatic nitrogens is 3. The molecule has 7 nitrogen and oxygen atoms in total. The van der Waals surface area contributed by atoms with Crippen LogP contribution in [0.15, 0.2) is 0 Å². The first-order valence-corrected chi connectivity index (χ1v) is 7.68. The topological polar surface area (TPSA) is 86.2 Å². The molecule has 0 aliphatic heterocycles. The maximum atomic E-state index is 9.41. The molecule has 2 atom stereocenters. The minimum Gasteiger partial charge on any atom is -0.396 e. The van der Waals surface area contributed by atoms with Crippen molar-refractivity contribution >= 4 is 17.8 Å². The number of hydrogen-bond acceptors (Lipinski definition) is 7. The minimum absolute atomic E-state index is 0.213. The van der Waals surface area contributed by atoms with Gasteiger partial charge in [-0.3, -0.25) is 0 Å². The number of aliphatic hydroxyl groups excluding tert-OH is 1. The van der Waals surface area contributed by atoms with Crippen molar-refractivity contribution in [2.24, 2.45) is 5.92 Å². The first-order chi connectivity index (χ1) is 10.1. The van der Waals surface area contributed by atoms with Gasteiger partial charge in [0.2, 0.25) is 17.8 Å². The first kappa shape index (κ1) is 15.8. The Morgan fingerprint density at radius 1 is 1.19 bits per heavy atom. The van der Waals surface area contributed by atoms with Gasteiger partial charge in [0.05, 0.1) is 0 Å². The van der Waals surface area contributed by atoms with E-state index < -0.39 is 0 Å². The lowest BCUT2D eigenvalue weighted by atomic mass is 10.1. The largest absolute Gasteiger partial charge is 0.396 e. The molecule has 118 valence electrons. The highest BCUT2D eigenvalue weighted by atomic mass is 16.3. The third-order valence-electron chi connectivity index (χ3n) is 3.76. The van der Waals surface area contributed by atoms with Crippen LogP contribution in [0.5, 0.6) is 0 Å². The fraction of sp³-hybridized carbons (Fsp3) is 0.786. The van der Waals surface area contributed by atoms with Crippen LogP contribution >= 0.6 is 0 Å². The number of aliphatic hydroxyl groups is 1. The minimum atomic E-state index is 0.213. The molecule has 0 aromatic carbocycles. The molecule has 7 heteroatoms. The molecule has 1 fully saturated rings. The molecule has 0 radical (unpaired) electrons. The highest BCUT2D eigenvalue weighted by Crippen LogP contribution is 2.27. The Morgan fingerprint density at radius 2 is 1.95 bits per heavy atom. The van der Waals surface area contributed by atoms with Crippen molar-refractivity contribution in [3.8, 4) is 0 Å². The molecule has 0 saturated heterocycles. The smallest absolute Gasteiger partial charge is 0.231 e. The zero-order chi connectivity index (χ0) is 15.2. The van der Waals surface area contributed by atoms with Crippen LogP contribution in [0.3, 0.4) is 0 Å². The first-order valence-electron chi connectivity index (χ1n) is 7.68. The van der Waals surface area contributed by atoms with E-state index in [1.807, 2.05) is 19.0 Å². The van der Waals surface area contributed by atoms with Crippen molar-refractivity contribution in [2.45, 2.75) is 38.6 Å². The highest BCUT2D eigenvalue weighted by molar-refractivity contribution is 5.43. The molecule has 1 aromatic rings. The van der Waals surface area contributed by atoms with Crippen molar-refractivity contribution in [3.63, 3.8) is 0 Å². The molecule has 2 unspecified atom stereocenters. The van der Waals surface area contributed by atoms with E-state index in [1.54, 1.807) is 0 Å². The summed E-state index contributed by atoms with van der Waals surface area (Å²) in [5, 5.41) is 16.0. The monoisotopic (exact) mass is 294 g/mol. The zero-order valence-electron chi connectivity index (χ0n) is 13.1. The van der Waals surface area contributed by atoms with E-state index in [-0.39, 0.29) is 18.6 Å². The predicted molar refractivity (Wildman–Crippen MR) is 84.8 cm³/mol. The number of nitrogens with one attached hydrogen (secondary N) is 2. The Hall–Kier alpha value is -1.63. The second kappa shape index (κ2) is 7.40. The molecule has 0 bridgehead atoms. The number of rotatable bonds is 7. The molecular formula is C14H26N6O. The molecule has 21 heavy (non-hydrogen) atoms. The van der Waals surface area contributed by atoms with Crippen molar-refractivity contribution < 1.29 is 5.11 Å². The van der Waals surface area contributed by atoms with Crippen molar-refractivity contribution in [1.29, 1.82) is 0 Å². The Labute approximate surface area is 126 Å². The zero-order valence-corrected chi connectivity index (χ0v) is 13.1. The average Bonchev–Trinajstić information content (AvgIpc) is 2.92. The van der Waals surface area contributed by atoms with Crippen LogP contribution in [0.4, 0.5) is 17.8 Å². The van der Waals surface area contributed by atoms with Gasteiger partial charge in [0.25, 0.3) is 0 Å². The van der Waals surface area contributed by atoms with E-state index in [0.29, 0.717) is 17.8 Å². The van der Waals surface area contributed by atoms with Crippen LogP contribution < -0.4 is 15.5 Å². The van der Waals surface area contributed by atoms with Gasteiger partial charge in [0.1, 0.15) is 0 Å². The molecule has 1 aliphatic carbocycles. The SMILES string of the molecule is CCCNc1nc(NC2CCCC2CO)nc(N(C)C)n1. The summed E-state index contributed by atoms with van der Waals surface area (Å²) in [6.45, 7) is 3.15. The summed E-state index contributed by atoms with van der Waals surface area (Å²) in [5.74, 6) is 2.09. The second-order valence-electron chi connectivity index (χ2n) is 5.73. The summed E-state index contributed by atoms with van der Waals surface area (Å²) in [7, 11) is 3.82. The molecule has 1 aliphatic rings.